The van der Waals surface area contributed by atoms with Crippen LogP contribution in [0.25, 0.3) is 17.0 Å². The minimum atomic E-state index is -1.03. The van der Waals surface area contributed by atoms with Crippen LogP contribution in [-0.4, -0.2) is 27.4 Å². The summed E-state index contributed by atoms with van der Waals surface area (Å²) in [5.41, 5.74) is 3.80. The highest BCUT2D eigenvalue weighted by molar-refractivity contribution is 6.15. The van der Waals surface area contributed by atoms with E-state index in [1.54, 1.807) is 30.3 Å². The van der Waals surface area contributed by atoms with Gasteiger partial charge in [0.25, 0.3) is 0 Å². The summed E-state index contributed by atoms with van der Waals surface area (Å²) < 4.78 is 13.6. The molecule has 2 aliphatic rings. The number of aryl methyl sites for hydroxylation is 1. The number of carboxylic acids is 1. The lowest BCUT2D eigenvalue weighted by Gasteiger charge is -2.26. The standard InChI is InChI=1S/C28H19NO6/c1-29-14-17(18-4-2-3-5-21(18)29)12-23-26(31)19-10-11-22-25(27(19)35-23)20(13-24(30)34-22)15-6-8-16(9-7-15)28(32)33/h2-12,14,20H,13H2,1H3,(H,32,33)/b23-12+/t20-/m1/s1. The van der Waals surface area contributed by atoms with Gasteiger partial charge in [-0.05, 0) is 42.0 Å². The first-order valence-electron chi connectivity index (χ1n) is 11.1. The van der Waals surface area contributed by atoms with E-state index in [4.69, 9.17) is 9.47 Å². The summed E-state index contributed by atoms with van der Waals surface area (Å²) in [6.07, 6.45) is 3.74. The van der Waals surface area contributed by atoms with Crippen LogP contribution in [-0.2, 0) is 11.8 Å². The second kappa shape index (κ2) is 7.70. The number of aromatic nitrogens is 1. The Morgan fingerprint density at radius 1 is 1.03 bits per heavy atom. The third-order valence-corrected chi connectivity index (χ3v) is 6.55. The molecule has 3 heterocycles. The Hall–Kier alpha value is -4.65. The summed E-state index contributed by atoms with van der Waals surface area (Å²) in [5, 5.41) is 10.2. The fourth-order valence-corrected chi connectivity index (χ4v) is 4.88. The number of hydrogen-bond donors (Lipinski definition) is 1. The van der Waals surface area contributed by atoms with Gasteiger partial charge in [0, 0.05) is 41.2 Å². The fourth-order valence-electron chi connectivity index (χ4n) is 4.88. The zero-order valence-electron chi connectivity index (χ0n) is 18.6. The number of carbonyl (C=O) groups excluding carboxylic acids is 2. The number of para-hydroxylation sites is 1. The Kier molecular flexibility index (Phi) is 4.60. The van der Waals surface area contributed by atoms with Gasteiger partial charge in [0.05, 0.1) is 17.5 Å². The van der Waals surface area contributed by atoms with Crippen molar-refractivity contribution in [2.24, 2.45) is 7.05 Å². The Labute approximate surface area is 199 Å². The minimum Gasteiger partial charge on any atom is -0.478 e. The Bertz CT molecular complexity index is 1590. The van der Waals surface area contributed by atoms with Crippen molar-refractivity contribution in [2.45, 2.75) is 12.3 Å². The summed E-state index contributed by atoms with van der Waals surface area (Å²) in [5.74, 6) is -1.20. The second-order valence-corrected chi connectivity index (χ2v) is 8.66. The number of ether oxygens (including phenoxy) is 2. The van der Waals surface area contributed by atoms with Gasteiger partial charge in [-0.25, -0.2) is 4.79 Å². The molecule has 0 fully saturated rings. The van der Waals surface area contributed by atoms with E-state index in [9.17, 15) is 19.5 Å². The van der Waals surface area contributed by atoms with Crippen LogP contribution in [0.5, 0.6) is 11.5 Å². The zero-order chi connectivity index (χ0) is 24.3. The first-order valence-corrected chi connectivity index (χ1v) is 11.1. The fraction of sp³-hybridized carbons (Fsp3) is 0.107. The lowest BCUT2D eigenvalue weighted by atomic mass is 9.84. The molecular formula is C28H19NO6. The number of Topliss-reactive ketones (excluding diaryl/α,β-unsaturated/α-hetero) is 1. The number of benzene rings is 3. The maximum Gasteiger partial charge on any atom is 0.335 e. The minimum absolute atomic E-state index is 0.0514. The van der Waals surface area contributed by atoms with E-state index in [1.165, 1.54) is 12.1 Å². The smallest absolute Gasteiger partial charge is 0.335 e. The number of ketones is 1. The molecular weight excluding hydrogens is 446 g/mol. The highest BCUT2D eigenvalue weighted by Gasteiger charge is 2.38. The number of nitrogens with zero attached hydrogens (tertiary/aromatic N) is 1. The summed E-state index contributed by atoms with van der Waals surface area (Å²) >= 11 is 0. The Morgan fingerprint density at radius 2 is 1.80 bits per heavy atom. The van der Waals surface area contributed by atoms with Gasteiger partial charge in [-0.1, -0.05) is 30.3 Å². The van der Waals surface area contributed by atoms with E-state index in [-0.39, 0.29) is 23.5 Å². The normalized spacial score (nSPS) is 17.7. The van der Waals surface area contributed by atoms with Crippen LogP contribution in [0, 0.1) is 0 Å². The number of carbonyl (C=O) groups is 3. The quantitative estimate of drug-likeness (QED) is 0.262. The predicted octanol–water partition coefficient (Wildman–Crippen LogP) is 4.93. The first-order chi connectivity index (χ1) is 16.9. The second-order valence-electron chi connectivity index (χ2n) is 8.66. The lowest BCUT2D eigenvalue weighted by molar-refractivity contribution is -0.135. The van der Waals surface area contributed by atoms with Gasteiger partial charge < -0.3 is 19.1 Å². The first kappa shape index (κ1) is 20.9. The van der Waals surface area contributed by atoms with E-state index < -0.39 is 17.9 Å². The summed E-state index contributed by atoms with van der Waals surface area (Å²) in [6, 6.07) is 17.5. The van der Waals surface area contributed by atoms with E-state index in [0.717, 1.165) is 22.0 Å². The summed E-state index contributed by atoms with van der Waals surface area (Å²) in [7, 11) is 1.95. The lowest BCUT2D eigenvalue weighted by Crippen LogP contribution is -2.21. The Balaban J connectivity index is 1.45. The molecule has 1 aromatic heterocycles. The maximum absolute atomic E-state index is 13.3. The molecule has 4 aromatic rings. The van der Waals surface area contributed by atoms with Crippen LogP contribution in [0.4, 0.5) is 0 Å². The number of aromatic carboxylic acids is 1. The average molecular weight is 465 g/mol. The molecule has 0 aliphatic carbocycles. The summed E-state index contributed by atoms with van der Waals surface area (Å²) in [4.78, 5) is 36.9. The molecule has 0 saturated carbocycles. The van der Waals surface area contributed by atoms with E-state index >= 15 is 0 Å². The van der Waals surface area contributed by atoms with Gasteiger partial charge in [-0.3, -0.25) is 9.59 Å². The number of rotatable bonds is 3. The number of allylic oxidation sites excluding steroid dienone is 1. The van der Waals surface area contributed by atoms with E-state index in [0.29, 0.717) is 22.6 Å². The van der Waals surface area contributed by atoms with Gasteiger partial charge in [0.1, 0.15) is 11.5 Å². The molecule has 0 amide bonds. The molecule has 172 valence electrons. The van der Waals surface area contributed by atoms with Gasteiger partial charge in [0.15, 0.2) is 5.76 Å². The maximum atomic E-state index is 13.3. The van der Waals surface area contributed by atoms with E-state index in [1.807, 2.05) is 42.1 Å². The zero-order valence-corrected chi connectivity index (χ0v) is 18.6. The van der Waals surface area contributed by atoms with Crippen LogP contribution in [0.3, 0.4) is 0 Å². The molecule has 2 aliphatic heterocycles. The molecule has 1 atom stereocenters. The van der Waals surface area contributed by atoms with E-state index in [2.05, 4.69) is 0 Å². The van der Waals surface area contributed by atoms with Crippen LogP contribution in [0.1, 0.15) is 49.7 Å². The number of esters is 1. The van der Waals surface area contributed by atoms with Crippen LogP contribution in [0.15, 0.2) is 72.6 Å². The van der Waals surface area contributed by atoms with Gasteiger partial charge in [-0.2, -0.15) is 0 Å². The molecule has 35 heavy (non-hydrogen) atoms. The van der Waals surface area contributed by atoms with Gasteiger partial charge in [-0.15, -0.1) is 0 Å². The molecule has 7 heteroatoms. The van der Waals surface area contributed by atoms with Crippen LogP contribution >= 0.6 is 0 Å². The number of fused-ring (bicyclic) bond motifs is 4. The highest BCUT2D eigenvalue weighted by Crippen LogP contribution is 2.49. The van der Waals surface area contributed by atoms with Crippen molar-refractivity contribution in [1.82, 2.24) is 4.57 Å². The van der Waals surface area contributed by atoms with Crippen molar-refractivity contribution in [3.8, 4) is 11.5 Å². The van der Waals surface area contributed by atoms with Crippen molar-refractivity contribution < 1.29 is 29.0 Å². The molecule has 3 aromatic carbocycles. The monoisotopic (exact) mass is 465 g/mol. The van der Waals surface area contributed by atoms with Crippen molar-refractivity contribution in [3.05, 3.63) is 100 Å². The van der Waals surface area contributed by atoms with Gasteiger partial charge >= 0.3 is 11.9 Å². The molecule has 0 saturated heterocycles. The van der Waals surface area contributed by atoms with Crippen molar-refractivity contribution in [3.63, 3.8) is 0 Å². The van der Waals surface area contributed by atoms with Gasteiger partial charge in [0.2, 0.25) is 5.78 Å². The third-order valence-electron chi connectivity index (χ3n) is 6.55. The molecule has 0 spiro atoms. The molecule has 6 rings (SSSR count). The third kappa shape index (κ3) is 3.32. The number of carboxylic acid groups (broad SMARTS) is 1. The SMILES string of the molecule is Cn1cc(/C=C2/Oc3c(ccc4c3[C@@H](c3ccc(C(=O)O)cc3)CC(=O)O4)C2=O)c2ccccc21. The van der Waals surface area contributed by atoms with Crippen LogP contribution < -0.4 is 9.47 Å². The average Bonchev–Trinajstić information content (AvgIpc) is 3.35. The van der Waals surface area contributed by atoms with Crippen LogP contribution in [0.2, 0.25) is 0 Å². The molecule has 0 unspecified atom stereocenters. The molecule has 7 nitrogen and oxygen atoms in total. The Morgan fingerprint density at radius 3 is 2.57 bits per heavy atom. The van der Waals surface area contributed by atoms with Crippen molar-refractivity contribution in [1.29, 1.82) is 0 Å². The highest BCUT2D eigenvalue weighted by atomic mass is 16.5. The molecule has 0 radical (unpaired) electrons. The van der Waals surface area contributed by atoms with Crippen molar-refractivity contribution in [2.75, 3.05) is 0 Å². The number of hydrogen-bond acceptors (Lipinski definition) is 5. The predicted molar refractivity (Wildman–Crippen MR) is 128 cm³/mol. The molecule has 0 bridgehead atoms. The van der Waals surface area contributed by atoms with Crippen molar-refractivity contribution >= 4 is 34.7 Å². The molecule has 1 N–H and O–H groups in total. The topological polar surface area (TPSA) is 94.8 Å². The largest absolute Gasteiger partial charge is 0.478 e. The summed E-state index contributed by atoms with van der Waals surface area (Å²) in [6.45, 7) is 0.